The van der Waals surface area contributed by atoms with Crippen LogP contribution >= 0.6 is 11.3 Å². The summed E-state index contributed by atoms with van der Waals surface area (Å²) >= 11 is 1.55. The number of hydrogen-bond acceptors (Lipinski definition) is 6. The van der Waals surface area contributed by atoms with Crippen molar-refractivity contribution in [1.82, 2.24) is 5.32 Å². The number of benzene rings is 1. The Kier molecular flexibility index (Phi) is 6.10. The Morgan fingerprint density at radius 1 is 1.21 bits per heavy atom. The Bertz CT molecular complexity index is 665. The second-order valence-corrected chi connectivity index (χ2v) is 7.83. The first-order valence-electron chi connectivity index (χ1n) is 7.91. The number of phenolic OH excluding ortho intramolecular Hbond substituents is 1. The van der Waals surface area contributed by atoms with Gasteiger partial charge in [-0.3, -0.25) is 0 Å². The van der Waals surface area contributed by atoms with Crippen molar-refractivity contribution in [2.75, 3.05) is 19.0 Å². The molecule has 4 N–H and O–H groups in total. The summed E-state index contributed by atoms with van der Waals surface area (Å²) in [6.07, 6.45) is -0.632. The fourth-order valence-corrected chi connectivity index (χ4v) is 2.93. The normalized spacial score (nSPS) is 12.9. The summed E-state index contributed by atoms with van der Waals surface area (Å²) in [6.45, 7) is 7.20. The molecule has 24 heavy (non-hydrogen) atoms. The van der Waals surface area contributed by atoms with Crippen molar-refractivity contribution in [3.8, 4) is 10.8 Å². The maximum atomic E-state index is 10.3. The lowest BCUT2D eigenvalue weighted by Crippen LogP contribution is -2.38. The maximum Gasteiger partial charge on any atom is 0.173 e. The summed E-state index contributed by atoms with van der Waals surface area (Å²) in [5.74, 6) is 0.165. The molecule has 1 heterocycles. The number of phenols is 1. The third kappa shape index (κ3) is 5.40. The van der Waals surface area contributed by atoms with E-state index in [0.717, 1.165) is 15.5 Å². The maximum absolute atomic E-state index is 10.3. The van der Waals surface area contributed by atoms with E-state index in [4.69, 9.17) is 4.74 Å². The number of aliphatic hydroxyl groups excluding tert-OH is 1. The van der Waals surface area contributed by atoms with Gasteiger partial charge < -0.3 is 25.6 Å². The molecule has 132 valence electrons. The number of nitrogens with one attached hydrogen (secondary N) is 2. The van der Waals surface area contributed by atoms with E-state index in [1.54, 1.807) is 36.6 Å². The molecule has 0 amide bonds. The van der Waals surface area contributed by atoms with Crippen LogP contribution in [0.2, 0.25) is 0 Å². The Hall–Kier alpha value is -1.76. The molecule has 0 fully saturated rings. The fourth-order valence-electron chi connectivity index (χ4n) is 2.17. The third-order valence-corrected chi connectivity index (χ3v) is 4.57. The van der Waals surface area contributed by atoms with E-state index in [-0.39, 0.29) is 11.3 Å². The van der Waals surface area contributed by atoms with Crippen LogP contribution in [0.5, 0.6) is 10.8 Å². The van der Waals surface area contributed by atoms with Crippen LogP contribution in [0.4, 0.5) is 5.69 Å². The van der Waals surface area contributed by atoms with Gasteiger partial charge in [0.05, 0.1) is 18.9 Å². The number of ether oxygens (including phenoxy) is 1. The van der Waals surface area contributed by atoms with Crippen molar-refractivity contribution in [3.63, 3.8) is 0 Å². The first-order valence-corrected chi connectivity index (χ1v) is 8.73. The van der Waals surface area contributed by atoms with Gasteiger partial charge in [0.2, 0.25) is 0 Å². The van der Waals surface area contributed by atoms with E-state index in [1.807, 2.05) is 12.1 Å². The first kappa shape index (κ1) is 18.6. The van der Waals surface area contributed by atoms with Gasteiger partial charge in [-0.05, 0) is 50.6 Å². The highest BCUT2D eigenvalue weighted by Crippen LogP contribution is 2.29. The Morgan fingerprint density at radius 2 is 1.96 bits per heavy atom. The average Bonchev–Trinajstić information content (AvgIpc) is 2.99. The highest BCUT2D eigenvalue weighted by molar-refractivity contribution is 7.13. The number of β-amino-alcohol motifs (C(OH)–C–C–N with tert-alkyl or cyclic N) is 1. The molecule has 0 bridgehead atoms. The smallest absolute Gasteiger partial charge is 0.173 e. The van der Waals surface area contributed by atoms with Gasteiger partial charge in [-0.25, -0.2) is 0 Å². The minimum atomic E-state index is -0.632. The van der Waals surface area contributed by atoms with E-state index in [0.29, 0.717) is 18.8 Å². The molecule has 0 aliphatic carbocycles. The standard InChI is InChI=1S/C18H26N2O3S/c1-18(2,3)20-11-16(22)12-5-7-15(21)14(9-12)19-10-13-6-8-17(23-4)24-13/h5-9,16,19-22H,10-11H2,1-4H3. The molecule has 0 spiro atoms. The predicted molar refractivity (Wildman–Crippen MR) is 99.0 cm³/mol. The summed E-state index contributed by atoms with van der Waals surface area (Å²) in [7, 11) is 1.64. The van der Waals surface area contributed by atoms with Crippen molar-refractivity contribution in [1.29, 1.82) is 0 Å². The van der Waals surface area contributed by atoms with Gasteiger partial charge in [-0.15, -0.1) is 11.3 Å². The summed E-state index contributed by atoms with van der Waals surface area (Å²) < 4.78 is 5.18. The van der Waals surface area contributed by atoms with Crippen molar-refractivity contribution in [2.45, 2.75) is 39.0 Å². The zero-order valence-corrected chi connectivity index (χ0v) is 15.4. The molecular weight excluding hydrogens is 324 g/mol. The van der Waals surface area contributed by atoms with Gasteiger partial charge in [0.1, 0.15) is 5.75 Å². The van der Waals surface area contributed by atoms with Crippen molar-refractivity contribution in [2.24, 2.45) is 0 Å². The van der Waals surface area contributed by atoms with Crippen molar-refractivity contribution < 1.29 is 14.9 Å². The number of rotatable bonds is 7. The van der Waals surface area contributed by atoms with Crippen LogP contribution in [-0.4, -0.2) is 29.4 Å². The summed E-state index contributed by atoms with van der Waals surface area (Å²) in [6, 6.07) is 9.03. The molecule has 1 atom stereocenters. The highest BCUT2D eigenvalue weighted by Gasteiger charge is 2.15. The topological polar surface area (TPSA) is 73.8 Å². The monoisotopic (exact) mass is 350 g/mol. The zero-order chi connectivity index (χ0) is 17.7. The molecule has 2 rings (SSSR count). The van der Waals surface area contributed by atoms with E-state index >= 15 is 0 Å². The molecule has 1 aromatic heterocycles. The average molecular weight is 350 g/mol. The number of anilines is 1. The summed E-state index contributed by atoms with van der Waals surface area (Å²) in [4.78, 5) is 1.10. The Labute approximate surface area is 147 Å². The van der Waals surface area contributed by atoms with Gasteiger partial charge >= 0.3 is 0 Å². The molecule has 5 nitrogen and oxygen atoms in total. The molecule has 0 saturated carbocycles. The van der Waals surface area contributed by atoms with Crippen LogP contribution in [-0.2, 0) is 6.54 Å². The van der Waals surface area contributed by atoms with Gasteiger partial charge in [-0.1, -0.05) is 6.07 Å². The second-order valence-electron chi connectivity index (χ2n) is 6.70. The van der Waals surface area contributed by atoms with Gasteiger partial charge in [-0.2, -0.15) is 0 Å². The molecule has 2 aromatic rings. The molecular formula is C18H26N2O3S. The number of methoxy groups -OCH3 is 1. The molecule has 1 aromatic carbocycles. The lowest BCUT2D eigenvalue weighted by molar-refractivity contribution is 0.163. The first-order chi connectivity index (χ1) is 11.3. The molecule has 0 aliphatic heterocycles. The van der Waals surface area contributed by atoms with E-state index < -0.39 is 6.10 Å². The van der Waals surface area contributed by atoms with Gasteiger partial charge in [0.15, 0.2) is 5.06 Å². The third-order valence-electron chi connectivity index (χ3n) is 3.52. The predicted octanol–water partition coefficient (Wildman–Crippen LogP) is 3.50. The summed E-state index contributed by atoms with van der Waals surface area (Å²) in [5.41, 5.74) is 1.31. The van der Waals surface area contributed by atoms with Crippen LogP contribution in [0.3, 0.4) is 0 Å². The van der Waals surface area contributed by atoms with Crippen molar-refractivity contribution in [3.05, 3.63) is 40.8 Å². The molecule has 0 saturated heterocycles. The Balaban J connectivity index is 2.02. The molecule has 0 aliphatic rings. The molecule has 6 heteroatoms. The SMILES string of the molecule is COc1ccc(CNc2cc(C(O)CNC(C)(C)C)ccc2O)s1. The minimum absolute atomic E-state index is 0.0583. The quantitative estimate of drug-likeness (QED) is 0.575. The Morgan fingerprint density at radius 3 is 2.58 bits per heavy atom. The number of aliphatic hydroxyl groups is 1. The van der Waals surface area contributed by atoms with Gasteiger partial charge in [0, 0.05) is 23.5 Å². The lowest BCUT2D eigenvalue weighted by atomic mass is 10.1. The number of aromatic hydroxyl groups is 1. The van der Waals surface area contributed by atoms with Crippen LogP contribution in [0.1, 0.15) is 37.3 Å². The second kappa shape index (κ2) is 7.88. The number of thiophene rings is 1. The number of hydrogen-bond donors (Lipinski definition) is 4. The van der Waals surface area contributed by atoms with Crippen LogP contribution < -0.4 is 15.4 Å². The zero-order valence-electron chi connectivity index (χ0n) is 14.6. The van der Waals surface area contributed by atoms with Crippen molar-refractivity contribution >= 4 is 17.0 Å². The van der Waals surface area contributed by atoms with E-state index in [9.17, 15) is 10.2 Å². The van der Waals surface area contributed by atoms with Gasteiger partial charge in [0.25, 0.3) is 0 Å². The minimum Gasteiger partial charge on any atom is -0.506 e. The summed E-state index contributed by atoms with van der Waals surface area (Å²) in [5, 5.41) is 27.7. The largest absolute Gasteiger partial charge is 0.506 e. The fraction of sp³-hybridized carbons (Fsp3) is 0.444. The molecule has 1 unspecified atom stereocenters. The van der Waals surface area contributed by atoms with Crippen LogP contribution in [0.25, 0.3) is 0 Å². The van der Waals surface area contributed by atoms with E-state index in [1.165, 1.54) is 0 Å². The highest BCUT2D eigenvalue weighted by atomic mass is 32.1. The lowest BCUT2D eigenvalue weighted by Gasteiger charge is -2.23. The van der Waals surface area contributed by atoms with Crippen LogP contribution in [0, 0.1) is 0 Å². The van der Waals surface area contributed by atoms with Crippen LogP contribution in [0.15, 0.2) is 30.3 Å². The molecule has 0 radical (unpaired) electrons. The van der Waals surface area contributed by atoms with E-state index in [2.05, 4.69) is 31.4 Å².